The van der Waals surface area contributed by atoms with Crippen molar-refractivity contribution < 1.29 is 35.3 Å². The molecule has 0 radical (unpaired) electrons. The Kier molecular flexibility index (Phi) is 9.35. The minimum Gasteiger partial charge on any atom is -0.707 e. The van der Waals surface area contributed by atoms with Crippen molar-refractivity contribution in [3.05, 3.63) is 29.3 Å². The van der Waals surface area contributed by atoms with Gasteiger partial charge in [-0.05, 0) is 6.42 Å². The summed E-state index contributed by atoms with van der Waals surface area (Å²) < 4.78 is 4.67. The van der Waals surface area contributed by atoms with E-state index in [0.29, 0.717) is 17.0 Å². The van der Waals surface area contributed by atoms with Gasteiger partial charge in [-0.1, -0.05) is 18.4 Å². The average Bonchev–Trinajstić information content (AvgIpc) is 2.37. The molecule has 0 aliphatic heterocycles. The number of urea groups is 1. The van der Waals surface area contributed by atoms with E-state index < -0.39 is 13.1 Å². The monoisotopic (exact) mass is 450 g/mol. The first kappa shape index (κ1) is 18.0. The van der Waals surface area contributed by atoms with Gasteiger partial charge in [-0.15, -0.1) is 5.46 Å². The Bertz CT molecular complexity index is 405. The van der Waals surface area contributed by atoms with Crippen LogP contribution in [-0.4, -0.2) is 26.1 Å². The van der Waals surface area contributed by atoms with Gasteiger partial charge >= 0.3 is 34.1 Å². The zero-order chi connectivity index (χ0) is 13.4. The molecule has 0 atom stereocenters. The molecule has 0 aliphatic rings. The van der Waals surface area contributed by atoms with Crippen molar-refractivity contribution in [3.8, 4) is 0 Å². The first-order valence-corrected chi connectivity index (χ1v) is 5.79. The van der Waals surface area contributed by atoms with Crippen LogP contribution in [0.5, 0.6) is 0 Å². The molecule has 0 fully saturated rings. The fourth-order valence-corrected chi connectivity index (χ4v) is 1.33. The SMILES string of the molecule is CCCNC(=O)NB(O[C-]=O)c1[c-]cc(Cl)cc1.[W+2]. The zero-order valence-electron chi connectivity index (χ0n) is 10.2. The Morgan fingerprint density at radius 3 is 2.84 bits per heavy atom. The van der Waals surface area contributed by atoms with Crippen LogP contribution in [0.1, 0.15) is 13.3 Å². The third-order valence-corrected chi connectivity index (χ3v) is 2.28. The van der Waals surface area contributed by atoms with Gasteiger partial charge in [-0.25, -0.2) is 0 Å². The predicted octanol–water partition coefficient (Wildman–Crippen LogP) is 0.626. The van der Waals surface area contributed by atoms with Gasteiger partial charge in [-0.3, -0.25) is 4.79 Å². The number of benzene rings is 1. The smallest absolute Gasteiger partial charge is 0.707 e. The quantitative estimate of drug-likeness (QED) is 0.494. The first-order chi connectivity index (χ1) is 8.67. The fourth-order valence-electron chi connectivity index (χ4n) is 1.21. The summed E-state index contributed by atoms with van der Waals surface area (Å²) in [5.41, 5.74) is 0.481. The van der Waals surface area contributed by atoms with Gasteiger partial charge in [0.15, 0.2) is 0 Å². The molecule has 5 nitrogen and oxygen atoms in total. The normalized spacial score (nSPS) is 8.95. The van der Waals surface area contributed by atoms with E-state index in [0.717, 1.165) is 6.42 Å². The number of hydrogen-bond donors (Lipinski definition) is 2. The maximum atomic E-state index is 11.5. The number of hydrogen-bond acceptors (Lipinski definition) is 3. The number of amides is 2. The van der Waals surface area contributed by atoms with E-state index in [4.69, 9.17) is 11.6 Å². The van der Waals surface area contributed by atoms with E-state index in [9.17, 15) is 9.59 Å². The van der Waals surface area contributed by atoms with Gasteiger partial charge in [0.25, 0.3) is 0 Å². The summed E-state index contributed by atoms with van der Waals surface area (Å²) in [6.07, 6.45) is 0.811. The molecule has 1 aromatic carbocycles. The number of rotatable bonds is 6. The summed E-state index contributed by atoms with van der Waals surface area (Å²) in [6.45, 7) is 3.76. The molecule has 0 aliphatic carbocycles. The summed E-state index contributed by atoms with van der Waals surface area (Å²) in [5, 5.41) is 5.58. The largest absolute Gasteiger partial charge is 2.00 e. The minimum absolute atomic E-state index is 0. The molecule has 0 bridgehead atoms. The number of halogens is 1. The van der Waals surface area contributed by atoms with Crippen LogP contribution in [0.2, 0.25) is 5.02 Å². The zero-order valence-corrected chi connectivity index (χ0v) is 13.9. The van der Waals surface area contributed by atoms with Crippen molar-refractivity contribution >= 4 is 36.6 Å². The Balaban J connectivity index is 0.00000324. The molecule has 8 heteroatoms. The molecule has 0 saturated carbocycles. The average molecular weight is 450 g/mol. The number of carbonyl (C=O) groups excluding carboxylic acids is 2. The van der Waals surface area contributed by atoms with Crippen molar-refractivity contribution in [3.63, 3.8) is 0 Å². The molecule has 19 heavy (non-hydrogen) atoms. The first-order valence-electron chi connectivity index (χ1n) is 5.41. The third kappa shape index (κ3) is 6.64. The van der Waals surface area contributed by atoms with Crippen molar-refractivity contribution in [2.75, 3.05) is 6.54 Å². The molecule has 0 saturated heterocycles. The summed E-state index contributed by atoms with van der Waals surface area (Å²) >= 11 is 5.72. The van der Waals surface area contributed by atoms with Crippen LogP contribution < -0.4 is 16.0 Å². The molecule has 2 amide bonds. The van der Waals surface area contributed by atoms with Gasteiger partial charge in [-0.2, -0.15) is 35.9 Å². The van der Waals surface area contributed by atoms with E-state index in [2.05, 4.69) is 21.3 Å². The van der Waals surface area contributed by atoms with E-state index in [-0.39, 0.29) is 21.1 Å². The third-order valence-electron chi connectivity index (χ3n) is 2.05. The van der Waals surface area contributed by atoms with Gasteiger partial charge in [0, 0.05) is 6.54 Å². The molecule has 0 unspecified atom stereocenters. The van der Waals surface area contributed by atoms with Crippen LogP contribution in [0, 0.1) is 6.07 Å². The minimum atomic E-state index is -0.934. The van der Waals surface area contributed by atoms with Gasteiger partial charge in [0.1, 0.15) is 0 Å². The van der Waals surface area contributed by atoms with Crippen molar-refractivity contribution in [2.45, 2.75) is 13.3 Å². The second-order valence-electron chi connectivity index (χ2n) is 3.44. The summed E-state index contributed by atoms with van der Waals surface area (Å²) in [5.74, 6) is 0. The fraction of sp³-hybridized carbons (Fsp3) is 0.273. The van der Waals surface area contributed by atoms with E-state index in [1.54, 1.807) is 12.1 Å². The van der Waals surface area contributed by atoms with Crippen LogP contribution in [-0.2, 0) is 30.5 Å². The second kappa shape index (κ2) is 9.87. The van der Waals surface area contributed by atoms with Crippen LogP contribution in [0.4, 0.5) is 4.79 Å². The molecule has 0 spiro atoms. The summed E-state index contributed by atoms with van der Waals surface area (Å²) in [6, 6.07) is 7.11. The molecule has 1 aromatic rings. The van der Waals surface area contributed by atoms with Crippen molar-refractivity contribution in [1.82, 2.24) is 10.5 Å². The Morgan fingerprint density at radius 2 is 2.32 bits per heavy atom. The molecule has 0 aromatic heterocycles. The maximum Gasteiger partial charge on any atom is 2.00 e. The van der Waals surface area contributed by atoms with Gasteiger partial charge < -0.3 is 20.0 Å². The maximum absolute atomic E-state index is 11.5. The van der Waals surface area contributed by atoms with Gasteiger partial charge in [0.05, 0.1) is 0 Å². The summed E-state index contributed by atoms with van der Waals surface area (Å²) in [4.78, 5) is 21.7. The van der Waals surface area contributed by atoms with E-state index >= 15 is 0 Å². The Hall–Kier alpha value is -0.997. The van der Waals surface area contributed by atoms with Crippen LogP contribution in [0.25, 0.3) is 0 Å². The predicted molar refractivity (Wildman–Crippen MR) is 69.3 cm³/mol. The molecule has 100 valence electrons. The molecule has 0 heterocycles. The number of nitrogens with one attached hydrogen (secondary N) is 2. The topological polar surface area (TPSA) is 67.4 Å². The molecule has 2 N–H and O–H groups in total. The second-order valence-corrected chi connectivity index (χ2v) is 3.88. The van der Waals surface area contributed by atoms with Crippen LogP contribution in [0.3, 0.4) is 0 Å². The Labute approximate surface area is 131 Å². The Morgan fingerprint density at radius 1 is 1.58 bits per heavy atom. The van der Waals surface area contributed by atoms with Crippen LogP contribution >= 0.6 is 11.6 Å². The summed E-state index contributed by atoms with van der Waals surface area (Å²) in [7, 11) is -0.934. The standard InChI is InChI=1S/C11H12BClN2O3.W/c1-2-7-14-11(17)15-12(18-8-16)9-3-5-10(13)6-4-9;/h3,5-6H,2,7H2,1H3,(H2,14,15,17);/q-2;+2. The molecule has 1 rings (SSSR count). The molecular weight excluding hydrogens is 438 g/mol. The number of carbonyl (C=O) groups is 1. The van der Waals surface area contributed by atoms with Gasteiger partial charge in [0.2, 0.25) is 0 Å². The van der Waals surface area contributed by atoms with Crippen LogP contribution in [0.15, 0.2) is 18.2 Å². The van der Waals surface area contributed by atoms with E-state index in [1.165, 1.54) is 12.5 Å². The molecular formula is C11H12BClN2O3W. The van der Waals surface area contributed by atoms with Crippen molar-refractivity contribution in [2.24, 2.45) is 0 Å². The van der Waals surface area contributed by atoms with E-state index in [1.807, 2.05) is 6.92 Å². The van der Waals surface area contributed by atoms with Crippen molar-refractivity contribution in [1.29, 1.82) is 0 Å².